The Labute approximate surface area is 315 Å². The third-order valence-electron chi connectivity index (χ3n) is 7.41. The largest absolute Gasteiger partial charge is 0.447 e. The van der Waals surface area contributed by atoms with Gasteiger partial charge in [-0.25, -0.2) is 28.0 Å². The molecule has 0 radical (unpaired) electrons. The number of nitrogens with one attached hydrogen (secondary N) is 2. The van der Waals surface area contributed by atoms with Crippen LogP contribution in [0.1, 0.15) is 69.3 Å². The molecule has 2 amide bonds. The number of halogens is 9. The van der Waals surface area contributed by atoms with Crippen molar-refractivity contribution >= 4 is 54.0 Å². The Morgan fingerprint density at radius 2 is 1.85 bits per heavy atom. The molecule has 0 spiro atoms. The number of hydrogen-bond acceptors (Lipinski definition) is 9. The SMILES string of the molecule is C=N/C=N\N(c1cc(C(COC(=O)NC2(C(F)(F)F)CC2)N2C(=O)C(c3ccc(C(/C=C\F)=N/NCF)cc3F)N=C2N)ccc1Cl)C(F)F.CC(C)(C)C. The first-order valence-electron chi connectivity index (χ1n) is 16.1. The highest BCUT2D eigenvalue weighted by Gasteiger charge is 2.64. The van der Waals surface area contributed by atoms with E-state index in [1.165, 1.54) is 12.1 Å². The summed E-state index contributed by atoms with van der Waals surface area (Å²) in [6.07, 6.45) is -5.53. The predicted molar refractivity (Wildman–Crippen MR) is 192 cm³/mol. The molecule has 55 heavy (non-hydrogen) atoms. The van der Waals surface area contributed by atoms with Crippen molar-refractivity contribution in [1.82, 2.24) is 15.6 Å². The molecular weight excluding hydrogens is 770 g/mol. The van der Waals surface area contributed by atoms with E-state index in [4.69, 9.17) is 22.1 Å². The van der Waals surface area contributed by atoms with Crippen LogP contribution in [0.2, 0.25) is 5.02 Å². The summed E-state index contributed by atoms with van der Waals surface area (Å²) in [5.41, 5.74) is 4.92. The highest BCUT2D eigenvalue weighted by Crippen LogP contribution is 2.49. The van der Waals surface area contributed by atoms with E-state index in [0.29, 0.717) is 11.8 Å². The number of rotatable bonds is 14. The Hall–Kier alpha value is -5.27. The summed E-state index contributed by atoms with van der Waals surface area (Å²) in [4.78, 5) is 34.4. The van der Waals surface area contributed by atoms with Gasteiger partial charge in [0.1, 0.15) is 24.3 Å². The second kappa shape index (κ2) is 18.4. The number of carbonyl (C=O) groups is 2. The number of hydrazone groups is 2. The lowest BCUT2D eigenvalue weighted by molar-refractivity contribution is -0.164. The zero-order chi connectivity index (χ0) is 41.3. The molecule has 2 aromatic rings. The minimum Gasteiger partial charge on any atom is -0.447 e. The molecule has 1 fully saturated rings. The Bertz CT molecular complexity index is 1820. The quantitative estimate of drug-likeness (QED) is 0.0587. The lowest BCUT2D eigenvalue weighted by Gasteiger charge is -2.29. The van der Waals surface area contributed by atoms with Gasteiger partial charge in [0.25, 0.3) is 5.91 Å². The topological polar surface area (TPSA) is 149 Å². The van der Waals surface area contributed by atoms with Crippen LogP contribution in [0.5, 0.6) is 0 Å². The summed E-state index contributed by atoms with van der Waals surface area (Å²) in [7, 11) is 0. The van der Waals surface area contributed by atoms with Crippen LogP contribution >= 0.6 is 11.6 Å². The van der Waals surface area contributed by atoms with E-state index in [9.17, 15) is 40.3 Å². The van der Waals surface area contributed by atoms with Crippen LogP contribution in [0.4, 0.5) is 45.6 Å². The summed E-state index contributed by atoms with van der Waals surface area (Å²) < 4.78 is 114. The fourth-order valence-corrected chi connectivity index (χ4v) is 5.03. The number of nitrogens with zero attached hydrogens (tertiary/aromatic N) is 6. The standard InChI is InChI=1S/C29H26ClF8N9O3.C5H12/c1-40-14-42-47(25(34)35)21-11-16(3-5-18(21)30)22(12-50-27(49)44-28(7-8-28)29(36,37)38)46-24(48)23(43-26(46)39)17-4-2-15(10-19(17)33)20(6-9-31)45-41-13-32;1-5(2,3)4/h2-6,9-11,14,22-23,25,41H,1,7-8,12-13H2,(H2,39,43)(H,44,49);1-4H3/b9-6-,42-14-,45-20+;. The van der Waals surface area contributed by atoms with Crippen molar-refractivity contribution < 1.29 is 49.4 Å². The van der Waals surface area contributed by atoms with Crippen molar-refractivity contribution in [2.24, 2.45) is 31.3 Å². The van der Waals surface area contributed by atoms with E-state index >= 15 is 4.39 Å². The first-order valence-corrected chi connectivity index (χ1v) is 16.5. The summed E-state index contributed by atoms with van der Waals surface area (Å²) in [5, 5.41) is 8.69. The van der Waals surface area contributed by atoms with Gasteiger partial charge in [0.05, 0.1) is 28.8 Å². The molecule has 0 bridgehead atoms. The van der Waals surface area contributed by atoms with Crippen LogP contribution in [-0.2, 0) is 9.53 Å². The highest BCUT2D eigenvalue weighted by atomic mass is 35.5. The zero-order valence-corrected chi connectivity index (χ0v) is 30.6. The van der Waals surface area contributed by atoms with E-state index < -0.39 is 86.1 Å². The van der Waals surface area contributed by atoms with E-state index in [1.54, 1.807) is 5.32 Å². The molecule has 1 aliphatic carbocycles. The average molecular weight is 808 g/mol. The van der Waals surface area contributed by atoms with E-state index in [0.717, 1.165) is 35.2 Å². The molecule has 300 valence electrons. The van der Waals surface area contributed by atoms with Crippen LogP contribution < -0.4 is 21.5 Å². The fourth-order valence-electron chi connectivity index (χ4n) is 4.82. The van der Waals surface area contributed by atoms with Gasteiger partial charge in [-0.3, -0.25) is 20.1 Å². The molecule has 4 rings (SSSR count). The number of anilines is 1. The van der Waals surface area contributed by atoms with Crippen molar-refractivity contribution in [3.05, 3.63) is 76.3 Å². The monoisotopic (exact) mass is 807 g/mol. The molecule has 1 heterocycles. The van der Waals surface area contributed by atoms with Crippen LogP contribution in [0.3, 0.4) is 0 Å². The van der Waals surface area contributed by atoms with Crippen molar-refractivity contribution in [2.45, 2.75) is 70.9 Å². The number of hydrogen-bond donors (Lipinski definition) is 3. The molecule has 21 heteroatoms. The molecule has 0 saturated heterocycles. The number of aliphatic imine (C=N–C) groups is 2. The van der Waals surface area contributed by atoms with Crippen molar-refractivity contribution in [3.63, 3.8) is 0 Å². The summed E-state index contributed by atoms with van der Waals surface area (Å²) in [6, 6.07) is 3.33. The van der Waals surface area contributed by atoms with Crippen LogP contribution in [0.25, 0.3) is 0 Å². The molecule has 2 unspecified atom stereocenters. The first-order chi connectivity index (χ1) is 25.7. The van der Waals surface area contributed by atoms with Crippen molar-refractivity contribution in [3.8, 4) is 0 Å². The third-order valence-corrected chi connectivity index (χ3v) is 7.73. The number of alkyl halides is 6. The van der Waals surface area contributed by atoms with Gasteiger partial charge in [0.15, 0.2) is 18.8 Å². The van der Waals surface area contributed by atoms with Crippen LogP contribution in [0, 0.1) is 11.2 Å². The molecule has 1 saturated carbocycles. The predicted octanol–water partition coefficient (Wildman–Crippen LogP) is 7.67. The summed E-state index contributed by atoms with van der Waals surface area (Å²) >= 11 is 6.17. The maximum absolute atomic E-state index is 15.4. The summed E-state index contributed by atoms with van der Waals surface area (Å²) in [6.45, 7) is 6.56. The van der Waals surface area contributed by atoms with Gasteiger partial charge in [0, 0.05) is 11.1 Å². The van der Waals surface area contributed by atoms with Crippen molar-refractivity contribution in [2.75, 3.05) is 18.4 Å². The maximum Gasteiger partial charge on any atom is 0.411 e. The van der Waals surface area contributed by atoms with E-state index in [2.05, 4.69) is 54.6 Å². The average Bonchev–Trinajstić information content (AvgIpc) is 3.82. The second-order valence-electron chi connectivity index (χ2n) is 13.5. The van der Waals surface area contributed by atoms with Gasteiger partial charge in [0.2, 0.25) is 0 Å². The fraction of sp³-hybridized carbons (Fsp3) is 0.412. The molecular formula is C34H38ClF8N9O3. The minimum atomic E-state index is -4.79. The number of carbonyl (C=O) groups excluding carboxylic acids is 2. The zero-order valence-electron chi connectivity index (χ0n) is 29.9. The second-order valence-corrected chi connectivity index (χ2v) is 13.9. The number of allylic oxidation sites excluding steroid dienone is 1. The lowest BCUT2D eigenvalue weighted by Crippen LogP contribution is -2.49. The molecule has 2 aromatic carbocycles. The Kier molecular flexibility index (Phi) is 14.7. The first kappa shape index (κ1) is 44.1. The number of ether oxygens (including phenoxy) is 1. The smallest absolute Gasteiger partial charge is 0.411 e. The third kappa shape index (κ3) is 11.6. The van der Waals surface area contributed by atoms with Gasteiger partial charge in [-0.1, -0.05) is 57.5 Å². The van der Waals surface area contributed by atoms with Gasteiger partial charge in [-0.2, -0.15) is 32.2 Å². The number of benzene rings is 2. The van der Waals surface area contributed by atoms with Gasteiger partial charge >= 0.3 is 18.8 Å². The number of guanidine groups is 1. The normalized spacial score (nSPS) is 17.5. The number of alkyl carbamates (subject to hydrolysis) is 1. The molecule has 2 atom stereocenters. The summed E-state index contributed by atoms with van der Waals surface area (Å²) in [5.74, 6) is -2.65. The lowest BCUT2D eigenvalue weighted by atomic mass is 10.0. The molecule has 1 aliphatic heterocycles. The highest BCUT2D eigenvalue weighted by molar-refractivity contribution is 6.33. The van der Waals surface area contributed by atoms with Crippen molar-refractivity contribution in [1.29, 1.82) is 0 Å². The molecule has 0 aromatic heterocycles. The van der Waals surface area contributed by atoms with Crippen LogP contribution in [0.15, 0.2) is 69.0 Å². The number of nitrogens with two attached hydrogens (primary N) is 1. The Balaban J connectivity index is 0.00000152. The van der Waals surface area contributed by atoms with E-state index in [-0.39, 0.29) is 38.8 Å². The molecule has 4 N–H and O–H groups in total. The van der Waals surface area contributed by atoms with Gasteiger partial charge in [-0.05, 0) is 54.8 Å². The minimum absolute atomic E-state index is 0.0310. The van der Waals surface area contributed by atoms with Gasteiger partial charge < -0.3 is 15.8 Å². The Morgan fingerprint density at radius 1 is 1.20 bits per heavy atom. The van der Waals surface area contributed by atoms with Crippen LogP contribution in [-0.4, -0.2) is 73.3 Å². The Morgan fingerprint density at radius 3 is 2.38 bits per heavy atom. The molecule has 12 nitrogen and oxygen atoms in total. The number of amides is 2. The van der Waals surface area contributed by atoms with E-state index in [1.807, 2.05) is 5.43 Å². The van der Waals surface area contributed by atoms with Gasteiger partial charge in [-0.15, -0.1) is 0 Å². The maximum atomic E-state index is 15.4. The molecule has 2 aliphatic rings.